The molecule has 2 amide bonds. The topological polar surface area (TPSA) is 103 Å². The van der Waals surface area contributed by atoms with Crippen LogP contribution in [-0.2, 0) is 10.3 Å². The van der Waals surface area contributed by atoms with E-state index >= 15 is 0 Å². The Labute approximate surface area is 148 Å². The highest BCUT2D eigenvalue weighted by Crippen LogP contribution is 2.43. The van der Waals surface area contributed by atoms with Crippen molar-refractivity contribution in [2.45, 2.75) is 37.7 Å². The van der Waals surface area contributed by atoms with Crippen molar-refractivity contribution < 1.29 is 22.8 Å². The lowest BCUT2D eigenvalue weighted by atomic mass is 9.78. The summed E-state index contributed by atoms with van der Waals surface area (Å²) in [5.41, 5.74) is 5.47. The molecule has 0 atom stereocenters. The van der Waals surface area contributed by atoms with Crippen molar-refractivity contribution in [2.24, 2.45) is 11.7 Å². The summed E-state index contributed by atoms with van der Waals surface area (Å²) < 4.78 is 36.8. The molecule has 1 fully saturated rings. The molecule has 7 nitrogen and oxygen atoms in total. The molecule has 26 heavy (non-hydrogen) atoms. The molecule has 3 N–H and O–H groups in total. The van der Waals surface area contributed by atoms with E-state index in [1.807, 2.05) is 0 Å². The summed E-state index contributed by atoms with van der Waals surface area (Å²) in [7, 11) is 1.52. The van der Waals surface area contributed by atoms with Crippen LogP contribution in [-0.4, -0.2) is 29.7 Å². The van der Waals surface area contributed by atoms with Gasteiger partial charge in [-0.3, -0.25) is 0 Å². The Balaban J connectivity index is 1.77. The maximum atomic E-state index is 12.9. The largest absolute Gasteiger partial charge is 0.368 e. The predicted molar refractivity (Wildman–Crippen MR) is 89.6 cm³/mol. The summed E-state index contributed by atoms with van der Waals surface area (Å²) in [5, 5.41) is 6.44. The molecule has 1 aliphatic carbocycles. The summed E-state index contributed by atoms with van der Waals surface area (Å²) in [4.78, 5) is 15.3. The number of anilines is 1. The lowest BCUT2D eigenvalue weighted by Crippen LogP contribution is -2.35. The number of urea groups is 1. The van der Waals surface area contributed by atoms with Gasteiger partial charge in [0.1, 0.15) is 5.60 Å². The summed E-state index contributed by atoms with van der Waals surface area (Å²) in [6, 6.07) is 6.10. The Kier molecular flexibility index (Phi) is 5.17. The Morgan fingerprint density at radius 3 is 2.54 bits per heavy atom. The average molecular weight is 366 g/mol. The zero-order valence-electron chi connectivity index (χ0n) is 14.2. The van der Waals surface area contributed by atoms with E-state index in [2.05, 4.69) is 15.5 Å². The number of hydrogen-bond donors (Lipinski definition) is 2. The third-order valence-electron chi connectivity index (χ3n) is 4.81. The van der Waals surface area contributed by atoms with E-state index < -0.39 is 24.0 Å². The molecule has 1 aliphatic rings. The van der Waals surface area contributed by atoms with Gasteiger partial charge in [-0.15, -0.1) is 0 Å². The number of methoxy groups -OCH3 is 1. The molecule has 0 radical (unpaired) electrons. The number of aromatic nitrogens is 2. The summed E-state index contributed by atoms with van der Waals surface area (Å²) >= 11 is 0. The summed E-state index contributed by atoms with van der Waals surface area (Å²) in [5.74, 6) is 0.0334. The van der Waals surface area contributed by atoms with Crippen LogP contribution < -0.4 is 11.1 Å². The Bertz CT molecular complexity index is 756. The number of benzene rings is 1. The molecule has 9 heteroatoms. The van der Waals surface area contributed by atoms with Gasteiger partial charge >= 0.3 is 6.03 Å². The second kappa shape index (κ2) is 7.36. The molecule has 2 aromatic rings. The van der Waals surface area contributed by atoms with Gasteiger partial charge in [0.2, 0.25) is 12.2 Å². The number of amides is 2. The molecule has 1 heterocycles. The number of ether oxygens (including phenoxy) is 1. The van der Waals surface area contributed by atoms with Gasteiger partial charge in [0, 0.05) is 24.3 Å². The third-order valence-corrected chi connectivity index (χ3v) is 4.81. The van der Waals surface area contributed by atoms with Crippen LogP contribution in [0.2, 0.25) is 0 Å². The first-order valence-corrected chi connectivity index (χ1v) is 8.28. The first-order valence-electron chi connectivity index (χ1n) is 8.28. The zero-order valence-corrected chi connectivity index (χ0v) is 14.2. The Morgan fingerprint density at radius 1 is 1.35 bits per heavy atom. The molecule has 0 bridgehead atoms. The van der Waals surface area contributed by atoms with Crippen molar-refractivity contribution in [1.29, 1.82) is 0 Å². The first kappa shape index (κ1) is 18.2. The maximum absolute atomic E-state index is 12.9. The van der Waals surface area contributed by atoms with Crippen molar-refractivity contribution in [3.63, 3.8) is 0 Å². The summed E-state index contributed by atoms with van der Waals surface area (Å²) in [6.07, 6.45) is -0.827. The van der Waals surface area contributed by atoms with Gasteiger partial charge in [-0.25, -0.2) is 13.6 Å². The van der Waals surface area contributed by atoms with E-state index in [4.69, 9.17) is 15.0 Å². The minimum atomic E-state index is -2.32. The van der Waals surface area contributed by atoms with Crippen molar-refractivity contribution >= 4 is 11.7 Å². The number of nitrogens with zero attached hydrogens (tertiary/aromatic N) is 2. The van der Waals surface area contributed by atoms with Gasteiger partial charge in [-0.05, 0) is 49.9 Å². The molecule has 0 aliphatic heterocycles. The van der Waals surface area contributed by atoms with Crippen LogP contribution >= 0.6 is 0 Å². The van der Waals surface area contributed by atoms with Crippen LogP contribution in [0.1, 0.15) is 31.6 Å². The average Bonchev–Trinajstić information content (AvgIpc) is 3.12. The van der Waals surface area contributed by atoms with E-state index in [9.17, 15) is 13.6 Å². The van der Waals surface area contributed by atoms with E-state index in [0.717, 1.165) is 0 Å². The number of carbonyl (C=O) groups excluding carboxylic acids is 1. The fourth-order valence-corrected chi connectivity index (χ4v) is 3.23. The fourth-order valence-electron chi connectivity index (χ4n) is 3.23. The van der Waals surface area contributed by atoms with Gasteiger partial charge in [0.05, 0.1) is 0 Å². The fraction of sp³-hybridized carbons (Fsp3) is 0.471. The third kappa shape index (κ3) is 3.67. The van der Waals surface area contributed by atoms with E-state index in [1.165, 1.54) is 7.11 Å². The van der Waals surface area contributed by atoms with Gasteiger partial charge in [0.15, 0.2) is 0 Å². The lowest BCUT2D eigenvalue weighted by Gasteiger charge is -2.35. The van der Waals surface area contributed by atoms with Crippen LogP contribution in [0.25, 0.3) is 11.4 Å². The highest BCUT2D eigenvalue weighted by Gasteiger charge is 2.43. The molecule has 140 valence electrons. The quantitative estimate of drug-likeness (QED) is 0.843. The van der Waals surface area contributed by atoms with Crippen LogP contribution in [0, 0.1) is 5.92 Å². The highest BCUT2D eigenvalue weighted by atomic mass is 19.3. The van der Waals surface area contributed by atoms with E-state index in [0.29, 0.717) is 48.6 Å². The molecular formula is C17H20F2N4O3. The number of alkyl halides is 2. The smallest absolute Gasteiger partial charge is 0.316 e. The SMILES string of the molecule is COC1(c2nc(-c3ccc(NC(N)=O)cc3)no2)CCC(C(F)F)CC1. The van der Waals surface area contributed by atoms with Crippen LogP contribution in [0.15, 0.2) is 28.8 Å². The van der Waals surface area contributed by atoms with Gasteiger partial charge in [0.25, 0.3) is 5.89 Å². The standard InChI is InChI=1S/C17H20F2N4O3/c1-25-17(8-6-10(7-9-17)13(18)19)15-22-14(23-26-15)11-2-4-12(5-3-11)21-16(20)24/h2-5,10,13H,6-9H2,1H3,(H3,20,21,24). The lowest BCUT2D eigenvalue weighted by molar-refractivity contribution is -0.0910. The normalized spacial score (nSPS) is 23.2. The molecule has 0 spiro atoms. The number of hydrogen-bond acceptors (Lipinski definition) is 5. The van der Waals surface area contributed by atoms with Crippen LogP contribution in [0.4, 0.5) is 19.3 Å². The zero-order chi connectivity index (χ0) is 18.7. The second-order valence-electron chi connectivity index (χ2n) is 6.36. The van der Waals surface area contributed by atoms with Crippen molar-refractivity contribution in [2.75, 3.05) is 12.4 Å². The maximum Gasteiger partial charge on any atom is 0.316 e. The number of rotatable bonds is 5. The van der Waals surface area contributed by atoms with E-state index in [-0.39, 0.29) is 0 Å². The van der Waals surface area contributed by atoms with Crippen molar-refractivity contribution in [3.8, 4) is 11.4 Å². The minimum absolute atomic E-state index is 0.294. The molecule has 1 saturated carbocycles. The van der Waals surface area contributed by atoms with Gasteiger partial charge < -0.3 is 20.3 Å². The second-order valence-corrected chi connectivity index (χ2v) is 6.36. The number of carbonyl (C=O) groups is 1. The number of halogens is 2. The first-order chi connectivity index (χ1) is 12.4. The monoisotopic (exact) mass is 366 g/mol. The predicted octanol–water partition coefficient (Wildman–Crippen LogP) is 3.52. The molecule has 3 rings (SSSR count). The highest BCUT2D eigenvalue weighted by molar-refractivity contribution is 5.88. The van der Waals surface area contributed by atoms with Gasteiger partial charge in [-0.2, -0.15) is 4.98 Å². The van der Waals surface area contributed by atoms with Crippen LogP contribution in [0.3, 0.4) is 0 Å². The summed E-state index contributed by atoms with van der Waals surface area (Å²) in [6.45, 7) is 0. The van der Waals surface area contributed by atoms with Crippen molar-refractivity contribution in [3.05, 3.63) is 30.2 Å². The molecule has 0 unspecified atom stereocenters. The molecular weight excluding hydrogens is 346 g/mol. The minimum Gasteiger partial charge on any atom is -0.368 e. The number of primary amides is 1. The number of nitrogens with one attached hydrogen (secondary N) is 1. The van der Waals surface area contributed by atoms with Crippen LogP contribution in [0.5, 0.6) is 0 Å². The molecule has 1 aromatic heterocycles. The van der Waals surface area contributed by atoms with E-state index in [1.54, 1.807) is 24.3 Å². The van der Waals surface area contributed by atoms with Crippen molar-refractivity contribution in [1.82, 2.24) is 10.1 Å². The van der Waals surface area contributed by atoms with Gasteiger partial charge in [-0.1, -0.05) is 5.16 Å². The molecule has 1 aromatic carbocycles. The Hall–Kier alpha value is -2.55. The number of nitrogens with two attached hydrogens (primary N) is 1. The Morgan fingerprint density at radius 2 is 2.00 bits per heavy atom. The molecule has 0 saturated heterocycles.